The van der Waals surface area contributed by atoms with Crippen molar-refractivity contribution in [2.45, 2.75) is 23.8 Å². The number of thioether (sulfide) groups is 1. The highest BCUT2D eigenvalue weighted by Gasteiger charge is 2.12. The number of thiazole rings is 1. The molecular weight excluding hydrogens is 342 g/mol. The molecule has 0 saturated carbocycles. The zero-order chi connectivity index (χ0) is 16.8. The molecule has 24 heavy (non-hydrogen) atoms. The number of nitrogens with one attached hydrogen (secondary N) is 1. The highest BCUT2D eigenvalue weighted by Crippen LogP contribution is 2.19. The van der Waals surface area contributed by atoms with Crippen LogP contribution in [0.25, 0.3) is 0 Å². The van der Waals surface area contributed by atoms with E-state index in [2.05, 4.69) is 32.6 Å². The third-order valence-corrected chi connectivity index (χ3v) is 5.34. The molecule has 1 N–H and O–H groups in total. The zero-order valence-electron chi connectivity index (χ0n) is 13.2. The average molecular weight is 359 g/mol. The first-order valence-corrected chi connectivity index (χ1v) is 9.55. The first kappa shape index (κ1) is 16.7. The van der Waals surface area contributed by atoms with Crippen molar-refractivity contribution in [1.29, 1.82) is 0 Å². The molecule has 1 aromatic carbocycles. The SMILES string of the molecule is CSc1nc(C(=O)NCc2nncn2CCc2ccccc2)cs1. The molecule has 0 fully saturated rings. The first-order valence-electron chi connectivity index (χ1n) is 7.44. The van der Waals surface area contributed by atoms with E-state index >= 15 is 0 Å². The third kappa shape index (κ3) is 4.21. The molecule has 124 valence electrons. The fourth-order valence-corrected chi connectivity index (χ4v) is 3.44. The molecule has 0 radical (unpaired) electrons. The lowest BCUT2D eigenvalue weighted by molar-refractivity contribution is 0.0944. The van der Waals surface area contributed by atoms with Crippen LogP contribution in [0.2, 0.25) is 0 Å². The topological polar surface area (TPSA) is 72.7 Å². The van der Waals surface area contributed by atoms with Gasteiger partial charge in [-0.25, -0.2) is 4.98 Å². The molecule has 0 unspecified atom stereocenters. The maximum Gasteiger partial charge on any atom is 0.271 e. The third-order valence-electron chi connectivity index (χ3n) is 3.48. The summed E-state index contributed by atoms with van der Waals surface area (Å²) < 4.78 is 2.84. The van der Waals surface area contributed by atoms with Crippen LogP contribution in [0.1, 0.15) is 21.9 Å². The Morgan fingerprint density at radius 3 is 2.92 bits per heavy atom. The summed E-state index contributed by atoms with van der Waals surface area (Å²) in [6, 6.07) is 10.2. The van der Waals surface area contributed by atoms with Gasteiger partial charge in [0.2, 0.25) is 0 Å². The number of hydrogen-bond donors (Lipinski definition) is 1. The molecule has 0 bridgehead atoms. The maximum absolute atomic E-state index is 12.1. The summed E-state index contributed by atoms with van der Waals surface area (Å²) in [5.41, 5.74) is 1.70. The van der Waals surface area contributed by atoms with Gasteiger partial charge in [-0.1, -0.05) is 42.1 Å². The molecule has 0 saturated heterocycles. The van der Waals surface area contributed by atoms with E-state index in [1.807, 2.05) is 29.0 Å². The number of carbonyl (C=O) groups excluding carboxylic acids is 1. The molecule has 0 atom stereocenters. The minimum atomic E-state index is -0.191. The number of amides is 1. The largest absolute Gasteiger partial charge is 0.343 e. The van der Waals surface area contributed by atoms with Crippen molar-refractivity contribution in [2.24, 2.45) is 0 Å². The predicted molar refractivity (Wildman–Crippen MR) is 95.2 cm³/mol. The first-order chi connectivity index (χ1) is 11.8. The second-order valence-corrected chi connectivity index (χ2v) is 6.97. The zero-order valence-corrected chi connectivity index (χ0v) is 14.8. The molecule has 3 aromatic rings. The Balaban J connectivity index is 1.56. The van der Waals surface area contributed by atoms with Crippen molar-refractivity contribution in [3.63, 3.8) is 0 Å². The molecule has 8 heteroatoms. The quantitative estimate of drug-likeness (QED) is 0.657. The summed E-state index contributed by atoms with van der Waals surface area (Å²) in [7, 11) is 0. The second kappa shape index (κ2) is 8.07. The van der Waals surface area contributed by atoms with E-state index in [1.165, 1.54) is 28.7 Å². The van der Waals surface area contributed by atoms with E-state index in [9.17, 15) is 4.79 Å². The van der Waals surface area contributed by atoms with E-state index in [-0.39, 0.29) is 5.91 Å². The van der Waals surface area contributed by atoms with Crippen LogP contribution in [0.5, 0.6) is 0 Å². The van der Waals surface area contributed by atoms with Crippen LogP contribution in [0, 0.1) is 0 Å². The van der Waals surface area contributed by atoms with Crippen molar-refractivity contribution >= 4 is 29.0 Å². The minimum Gasteiger partial charge on any atom is -0.343 e. The lowest BCUT2D eigenvalue weighted by Crippen LogP contribution is -2.25. The van der Waals surface area contributed by atoms with Crippen molar-refractivity contribution in [1.82, 2.24) is 25.1 Å². The molecular formula is C16H17N5OS2. The van der Waals surface area contributed by atoms with E-state index < -0.39 is 0 Å². The highest BCUT2D eigenvalue weighted by atomic mass is 32.2. The number of carbonyl (C=O) groups is 1. The van der Waals surface area contributed by atoms with Gasteiger partial charge >= 0.3 is 0 Å². The van der Waals surface area contributed by atoms with E-state index in [4.69, 9.17) is 0 Å². The lowest BCUT2D eigenvalue weighted by atomic mass is 10.1. The molecule has 0 aliphatic carbocycles. The predicted octanol–water partition coefficient (Wildman–Crippen LogP) is 2.63. The Labute approximate surface area is 148 Å². The number of rotatable bonds is 7. The number of aromatic nitrogens is 4. The molecule has 2 heterocycles. The summed E-state index contributed by atoms with van der Waals surface area (Å²) in [4.78, 5) is 16.4. The van der Waals surface area contributed by atoms with E-state index in [0.717, 1.165) is 23.1 Å². The van der Waals surface area contributed by atoms with Gasteiger partial charge in [-0.2, -0.15) is 0 Å². The number of aryl methyl sites for hydroxylation is 2. The van der Waals surface area contributed by atoms with Crippen molar-refractivity contribution in [3.8, 4) is 0 Å². The summed E-state index contributed by atoms with van der Waals surface area (Å²) in [5, 5.41) is 12.7. The van der Waals surface area contributed by atoms with E-state index in [1.54, 1.807) is 11.7 Å². The fourth-order valence-electron chi connectivity index (χ4n) is 2.20. The van der Waals surface area contributed by atoms with Gasteiger partial charge in [-0.15, -0.1) is 21.5 Å². The van der Waals surface area contributed by atoms with Crippen molar-refractivity contribution < 1.29 is 4.79 Å². The van der Waals surface area contributed by atoms with Gasteiger partial charge < -0.3 is 9.88 Å². The highest BCUT2D eigenvalue weighted by molar-refractivity contribution is 8.00. The van der Waals surface area contributed by atoms with Gasteiger partial charge in [-0.3, -0.25) is 4.79 Å². The maximum atomic E-state index is 12.1. The molecule has 1 amide bonds. The van der Waals surface area contributed by atoms with Crippen LogP contribution in [-0.2, 0) is 19.5 Å². The Kier molecular flexibility index (Phi) is 5.60. The van der Waals surface area contributed by atoms with E-state index in [0.29, 0.717) is 12.2 Å². The van der Waals surface area contributed by atoms with Gasteiger partial charge in [0.05, 0.1) is 6.54 Å². The smallest absolute Gasteiger partial charge is 0.271 e. The summed E-state index contributed by atoms with van der Waals surface area (Å²) in [5.74, 6) is 0.545. The lowest BCUT2D eigenvalue weighted by Gasteiger charge is -2.07. The Morgan fingerprint density at radius 2 is 2.17 bits per heavy atom. The number of benzene rings is 1. The summed E-state index contributed by atoms with van der Waals surface area (Å²) >= 11 is 3.00. The molecule has 0 spiro atoms. The summed E-state index contributed by atoms with van der Waals surface area (Å²) in [6.45, 7) is 1.11. The molecule has 3 rings (SSSR count). The van der Waals surface area contributed by atoms with Gasteiger partial charge in [0, 0.05) is 11.9 Å². The average Bonchev–Trinajstić information content (AvgIpc) is 3.28. The van der Waals surface area contributed by atoms with Crippen LogP contribution in [-0.4, -0.2) is 31.9 Å². The number of hydrogen-bond acceptors (Lipinski definition) is 6. The van der Waals surface area contributed by atoms with Gasteiger partial charge in [0.25, 0.3) is 5.91 Å². The van der Waals surface area contributed by atoms with Crippen LogP contribution in [0.4, 0.5) is 0 Å². The van der Waals surface area contributed by atoms with Crippen LogP contribution < -0.4 is 5.32 Å². The van der Waals surface area contributed by atoms with Crippen LogP contribution >= 0.6 is 23.1 Å². The van der Waals surface area contributed by atoms with Crippen molar-refractivity contribution in [2.75, 3.05) is 6.26 Å². The molecule has 0 aliphatic rings. The molecule has 6 nitrogen and oxygen atoms in total. The van der Waals surface area contributed by atoms with Gasteiger partial charge in [-0.05, 0) is 18.2 Å². The fraction of sp³-hybridized carbons (Fsp3) is 0.250. The monoisotopic (exact) mass is 359 g/mol. The van der Waals surface area contributed by atoms with Crippen molar-refractivity contribution in [3.05, 3.63) is 59.1 Å². The van der Waals surface area contributed by atoms with Gasteiger partial charge in [0.15, 0.2) is 5.82 Å². The standard InChI is InChI=1S/C16H17N5OS2/c1-23-16-19-13(10-24-16)15(22)17-9-14-20-18-11-21(14)8-7-12-5-3-2-4-6-12/h2-6,10-11H,7-9H2,1H3,(H,17,22). The van der Waals surface area contributed by atoms with Gasteiger partial charge in [0.1, 0.15) is 16.4 Å². The molecule has 2 aromatic heterocycles. The summed E-state index contributed by atoms with van der Waals surface area (Å²) in [6.07, 6.45) is 4.53. The second-order valence-electron chi connectivity index (χ2n) is 5.06. The van der Waals surface area contributed by atoms with Crippen LogP contribution in [0.15, 0.2) is 46.4 Å². The van der Waals surface area contributed by atoms with Crippen LogP contribution in [0.3, 0.4) is 0 Å². The minimum absolute atomic E-state index is 0.191. The Hall–Kier alpha value is -2.19. The number of nitrogens with zero attached hydrogens (tertiary/aromatic N) is 4. The molecule has 0 aliphatic heterocycles. The normalized spacial score (nSPS) is 10.7. The Morgan fingerprint density at radius 1 is 1.33 bits per heavy atom. The Bertz CT molecular complexity index is 800.